The third kappa shape index (κ3) is 4.11. The molecule has 1 heterocycles. The largest absolute Gasteiger partial charge is 0.480 e. The van der Waals surface area contributed by atoms with Crippen LogP contribution in [-0.4, -0.2) is 46.5 Å². The second-order valence-corrected chi connectivity index (χ2v) is 3.21. The molecule has 17 heavy (non-hydrogen) atoms. The molecule has 1 atom stereocenters. The third-order valence-electron chi connectivity index (χ3n) is 1.77. The highest BCUT2D eigenvalue weighted by Crippen LogP contribution is 2.09. The Kier molecular flexibility index (Phi) is 4.46. The fourth-order valence-electron chi connectivity index (χ4n) is 0.973. The van der Waals surface area contributed by atoms with Crippen LogP contribution in [0.3, 0.4) is 0 Å². The van der Waals surface area contributed by atoms with Gasteiger partial charge in [-0.3, -0.25) is 4.79 Å². The summed E-state index contributed by atoms with van der Waals surface area (Å²) >= 11 is 0. The van der Waals surface area contributed by atoms with Gasteiger partial charge in [-0.05, 0) is 12.1 Å². The number of aliphatic hydroxyl groups excluding tert-OH is 1. The second kappa shape index (κ2) is 5.85. The SMILES string of the molecule is Cc1cc(OCC(=O)N[C@@H](CO)C(=O)O)no1. The lowest BCUT2D eigenvalue weighted by Gasteiger charge is -2.11. The van der Waals surface area contributed by atoms with Crippen molar-refractivity contribution in [3.05, 3.63) is 11.8 Å². The molecule has 0 saturated heterocycles. The zero-order valence-electron chi connectivity index (χ0n) is 9.04. The number of nitrogens with zero attached hydrogens (tertiary/aromatic N) is 1. The molecule has 3 N–H and O–H groups in total. The molecule has 1 aromatic rings. The van der Waals surface area contributed by atoms with Gasteiger partial charge in [-0.15, -0.1) is 0 Å². The van der Waals surface area contributed by atoms with Crippen LogP contribution in [0.5, 0.6) is 5.88 Å². The molecule has 0 bridgehead atoms. The summed E-state index contributed by atoms with van der Waals surface area (Å²) in [6.07, 6.45) is 0. The van der Waals surface area contributed by atoms with Gasteiger partial charge in [-0.1, -0.05) is 0 Å². The van der Waals surface area contributed by atoms with Crippen molar-refractivity contribution in [1.29, 1.82) is 0 Å². The average Bonchev–Trinajstić information content (AvgIpc) is 2.68. The fourth-order valence-corrected chi connectivity index (χ4v) is 0.973. The van der Waals surface area contributed by atoms with E-state index in [0.29, 0.717) is 5.76 Å². The minimum atomic E-state index is -1.34. The number of aryl methyl sites for hydroxylation is 1. The zero-order valence-corrected chi connectivity index (χ0v) is 9.04. The van der Waals surface area contributed by atoms with E-state index < -0.39 is 31.1 Å². The number of hydrogen-bond donors (Lipinski definition) is 3. The van der Waals surface area contributed by atoms with Crippen molar-refractivity contribution in [2.45, 2.75) is 13.0 Å². The molecule has 0 aromatic carbocycles. The van der Waals surface area contributed by atoms with E-state index in [1.807, 2.05) is 0 Å². The first-order valence-corrected chi connectivity index (χ1v) is 4.72. The Bertz CT molecular complexity index is 402. The maximum absolute atomic E-state index is 11.2. The Morgan fingerprint density at radius 1 is 1.65 bits per heavy atom. The van der Waals surface area contributed by atoms with E-state index in [1.54, 1.807) is 6.92 Å². The molecule has 0 aliphatic carbocycles. The minimum Gasteiger partial charge on any atom is -0.480 e. The maximum Gasteiger partial charge on any atom is 0.328 e. The lowest BCUT2D eigenvalue weighted by Crippen LogP contribution is -2.45. The predicted octanol–water partition coefficient (Wildman–Crippen LogP) is -1.08. The molecule has 1 aromatic heterocycles. The molecule has 8 heteroatoms. The molecular weight excluding hydrogens is 232 g/mol. The number of carbonyl (C=O) groups excluding carboxylic acids is 1. The van der Waals surface area contributed by atoms with Gasteiger partial charge < -0.3 is 24.8 Å². The van der Waals surface area contributed by atoms with E-state index in [1.165, 1.54) is 6.07 Å². The van der Waals surface area contributed by atoms with Gasteiger partial charge in [-0.2, -0.15) is 0 Å². The quantitative estimate of drug-likeness (QED) is 0.582. The Labute approximate surface area is 96.2 Å². The zero-order chi connectivity index (χ0) is 12.8. The molecule has 8 nitrogen and oxygen atoms in total. The second-order valence-electron chi connectivity index (χ2n) is 3.21. The van der Waals surface area contributed by atoms with Crippen LogP contribution < -0.4 is 10.1 Å². The number of hydrogen-bond acceptors (Lipinski definition) is 6. The van der Waals surface area contributed by atoms with E-state index in [2.05, 4.69) is 10.5 Å². The summed E-state index contributed by atoms with van der Waals surface area (Å²) in [6, 6.07) is 0.138. The van der Waals surface area contributed by atoms with Crippen LogP contribution in [0.25, 0.3) is 0 Å². The monoisotopic (exact) mass is 244 g/mol. The van der Waals surface area contributed by atoms with Crippen LogP contribution in [0.15, 0.2) is 10.6 Å². The number of rotatable bonds is 6. The molecule has 0 spiro atoms. The van der Waals surface area contributed by atoms with Crippen molar-refractivity contribution >= 4 is 11.9 Å². The minimum absolute atomic E-state index is 0.133. The number of nitrogens with one attached hydrogen (secondary N) is 1. The van der Waals surface area contributed by atoms with E-state index in [-0.39, 0.29) is 5.88 Å². The van der Waals surface area contributed by atoms with Crippen molar-refractivity contribution in [2.24, 2.45) is 0 Å². The van der Waals surface area contributed by atoms with Crippen LogP contribution >= 0.6 is 0 Å². The van der Waals surface area contributed by atoms with Crippen molar-refractivity contribution in [3.63, 3.8) is 0 Å². The first-order valence-electron chi connectivity index (χ1n) is 4.72. The first kappa shape index (κ1) is 13.0. The molecule has 0 unspecified atom stereocenters. The number of carboxylic acids is 1. The molecule has 0 saturated carbocycles. The van der Waals surface area contributed by atoms with Crippen LogP contribution in [-0.2, 0) is 9.59 Å². The lowest BCUT2D eigenvalue weighted by molar-refractivity contribution is -0.143. The third-order valence-corrected chi connectivity index (χ3v) is 1.77. The van der Waals surface area contributed by atoms with Gasteiger partial charge in [0.25, 0.3) is 11.8 Å². The van der Waals surface area contributed by atoms with Gasteiger partial charge in [0.15, 0.2) is 6.61 Å². The van der Waals surface area contributed by atoms with Crippen LogP contribution in [0.4, 0.5) is 0 Å². The summed E-state index contributed by atoms with van der Waals surface area (Å²) in [5, 5.41) is 22.8. The topological polar surface area (TPSA) is 122 Å². The maximum atomic E-state index is 11.2. The summed E-state index contributed by atoms with van der Waals surface area (Å²) in [5.74, 6) is -1.34. The van der Waals surface area contributed by atoms with Gasteiger partial charge in [0, 0.05) is 6.07 Å². The predicted molar refractivity (Wildman–Crippen MR) is 53.4 cm³/mol. The highest BCUT2D eigenvalue weighted by molar-refractivity contribution is 5.84. The van der Waals surface area contributed by atoms with Gasteiger partial charge in [0.2, 0.25) is 0 Å². The highest BCUT2D eigenvalue weighted by Gasteiger charge is 2.18. The van der Waals surface area contributed by atoms with Gasteiger partial charge in [-0.25, -0.2) is 4.79 Å². The number of aromatic nitrogens is 1. The summed E-state index contributed by atoms with van der Waals surface area (Å²) in [6.45, 7) is 0.562. The van der Waals surface area contributed by atoms with E-state index in [9.17, 15) is 9.59 Å². The van der Waals surface area contributed by atoms with Crippen LogP contribution in [0.1, 0.15) is 5.76 Å². The molecule has 0 radical (unpaired) electrons. The van der Waals surface area contributed by atoms with Gasteiger partial charge in [0.05, 0.1) is 6.61 Å². The number of ether oxygens (including phenoxy) is 1. The van der Waals surface area contributed by atoms with Crippen LogP contribution in [0.2, 0.25) is 0 Å². The van der Waals surface area contributed by atoms with E-state index in [0.717, 1.165) is 0 Å². The number of aliphatic hydroxyl groups is 1. The normalized spacial score (nSPS) is 11.9. The van der Waals surface area contributed by atoms with E-state index in [4.69, 9.17) is 19.5 Å². The number of aliphatic carboxylic acids is 1. The molecule has 1 rings (SSSR count). The van der Waals surface area contributed by atoms with Gasteiger partial charge >= 0.3 is 5.97 Å². The molecule has 94 valence electrons. The van der Waals surface area contributed by atoms with E-state index >= 15 is 0 Å². The number of carboxylic acid groups (broad SMARTS) is 1. The number of amides is 1. The van der Waals surface area contributed by atoms with Crippen molar-refractivity contribution in [1.82, 2.24) is 10.5 Å². The van der Waals surface area contributed by atoms with Crippen molar-refractivity contribution < 1.29 is 29.1 Å². The standard InChI is InChI=1S/C9H12N2O6/c1-5-2-8(11-17-5)16-4-7(13)10-6(3-12)9(14)15/h2,6,12H,3-4H2,1H3,(H,10,13)(H,14,15)/t6-/m0/s1. The van der Waals surface area contributed by atoms with Crippen molar-refractivity contribution in [3.8, 4) is 5.88 Å². The lowest BCUT2D eigenvalue weighted by atomic mass is 10.3. The Hall–Kier alpha value is -2.09. The number of carbonyl (C=O) groups is 2. The smallest absolute Gasteiger partial charge is 0.328 e. The summed E-state index contributed by atoms with van der Waals surface area (Å²) in [4.78, 5) is 21.7. The molecule has 0 aliphatic heterocycles. The highest BCUT2D eigenvalue weighted by atomic mass is 16.5. The summed E-state index contributed by atoms with van der Waals surface area (Å²) in [7, 11) is 0. The average molecular weight is 244 g/mol. The molecular formula is C9H12N2O6. The molecule has 0 aliphatic rings. The summed E-state index contributed by atoms with van der Waals surface area (Å²) in [5.41, 5.74) is 0. The van der Waals surface area contributed by atoms with Gasteiger partial charge in [0.1, 0.15) is 11.8 Å². The molecule has 1 amide bonds. The van der Waals surface area contributed by atoms with Crippen molar-refractivity contribution in [2.75, 3.05) is 13.2 Å². The summed E-state index contributed by atoms with van der Waals surface area (Å²) < 4.78 is 9.62. The molecule has 0 fully saturated rings. The Morgan fingerprint density at radius 2 is 2.35 bits per heavy atom. The Morgan fingerprint density at radius 3 is 2.82 bits per heavy atom. The Balaban J connectivity index is 2.37. The first-order chi connectivity index (χ1) is 8.02. The fraction of sp³-hybridized carbons (Fsp3) is 0.444. The van der Waals surface area contributed by atoms with Crippen LogP contribution in [0, 0.1) is 6.92 Å².